The van der Waals surface area contributed by atoms with E-state index in [0.29, 0.717) is 0 Å². The Kier molecular flexibility index (Phi) is 6.67. The monoisotopic (exact) mass is 522 g/mol. The first-order chi connectivity index (χ1) is 14.7. The predicted molar refractivity (Wildman–Crippen MR) is 127 cm³/mol. The van der Waals surface area contributed by atoms with E-state index in [1.165, 1.54) is 11.1 Å². The minimum atomic E-state index is 0.0696. The molecule has 0 aliphatic heterocycles. The number of carbonyl (C=O) groups excluding carboxylic acids is 1. The number of rotatable bonds is 6. The van der Waals surface area contributed by atoms with E-state index >= 15 is 0 Å². The Balaban J connectivity index is 1.75. The number of carbonyl (C=O) groups is 1. The van der Waals surface area contributed by atoms with Crippen molar-refractivity contribution in [1.29, 1.82) is 0 Å². The summed E-state index contributed by atoms with van der Waals surface area (Å²) in [4.78, 5) is 13.9. The van der Waals surface area contributed by atoms with Gasteiger partial charge >= 0.3 is 195 Å². The Bertz CT molecular complexity index is 1050. The molecule has 0 bridgehead atoms. The standard InChI is InChI=1S/C27H22OSe2/c28-25(21-15-7-9-17-23(21)26(29)19-11-3-1-4-12-19)22-16-8-10-18-24(22)27(30)20-13-5-2-6-14-20/h1-18,26-27,29-30H. The van der Waals surface area contributed by atoms with Gasteiger partial charge in [0, 0.05) is 0 Å². The third-order valence-electron chi connectivity index (χ3n) is 5.23. The van der Waals surface area contributed by atoms with E-state index in [1.54, 1.807) is 0 Å². The van der Waals surface area contributed by atoms with E-state index < -0.39 is 0 Å². The van der Waals surface area contributed by atoms with Crippen LogP contribution >= 0.6 is 0 Å². The molecule has 2 atom stereocenters. The van der Waals surface area contributed by atoms with E-state index in [4.69, 9.17) is 0 Å². The van der Waals surface area contributed by atoms with Crippen molar-refractivity contribution in [2.45, 2.75) is 9.63 Å². The van der Waals surface area contributed by atoms with Crippen LogP contribution in [-0.4, -0.2) is 37.8 Å². The Morgan fingerprint density at radius 2 is 0.833 bits per heavy atom. The van der Waals surface area contributed by atoms with E-state index in [2.05, 4.69) is 68.4 Å². The van der Waals surface area contributed by atoms with Gasteiger partial charge in [-0.1, -0.05) is 0 Å². The van der Waals surface area contributed by atoms with Gasteiger partial charge in [0.2, 0.25) is 0 Å². The van der Waals surface area contributed by atoms with Crippen LogP contribution in [0.3, 0.4) is 0 Å². The molecule has 2 unspecified atom stereocenters. The summed E-state index contributed by atoms with van der Waals surface area (Å²) in [7, 11) is 0. The van der Waals surface area contributed by atoms with Crippen LogP contribution < -0.4 is 0 Å². The zero-order valence-corrected chi connectivity index (χ0v) is 20.1. The van der Waals surface area contributed by atoms with Crippen molar-refractivity contribution in [3.05, 3.63) is 143 Å². The van der Waals surface area contributed by atoms with Crippen LogP contribution in [0, 0.1) is 0 Å². The molecule has 0 aliphatic rings. The van der Waals surface area contributed by atoms with Crippen LogP contribution in [0.5, 0.6) is 0 Å². The van der Waals surface area contributed by atoms with Gasteiger partial charge < -0.3 is 0 Å². The third kappa shape index (κ3) is 4.36. The second-order valence-corrected chi connectivity index (χ2v) is 9.30. The first-order valence-corrected chi connectivity index (χ1v) is 12.0. The van der Waals surface area contributed by atoms with Gasteiger partial charge in [-0.15, -0.1) is 0 Å². The Morgan fingerprint density at radius 3 is 1.23 bits per heavy atom. The molecule has 1 nitrogen and oxygen atoms in total. The summed E-state index contributed by atoms with van der Waals surface area (Å²) in [5.41, 5.74) is 5.94. The second-order valence-electron chi connectivity index (χ2n) is 7.13. The van der Waals surface area contributed by atoms with Gasteiger partial charge in [0.25, 0.3) is 0 Å². The fourth-order valence-corrected chi connectivity index (χ4v) is 5.33. The predicted octanol–water partition coefficient (Wildman–Crippen LogP) is 4.90. The molecule has 0 saturated carbocycles. The molecule has 0 heterocycles. The van der Waals surface area contributed by atoms with Gasteiger partial charge in [0.05, 0.1) is 0 Å². The van der Waals surface area contributed by atoms with Crippen LogP contribution in [0.1, 0.15) is 47.8 Å². The van der Waals surface area contributed by atoms with E-state index in [9.17, 15) is 4.79 Å². The molecule has 0 radical (unpaired) electrons. The summed E-state index contributed by atoms with van der Waals surface area (Å²) in [5.74, 6) is 0.0696. The van der Waals surface area contributed by atoms with Crippen molar-refractivity contribution in [1.82, 2.24) is 0 Å². The van der Waals surface area contributed by atoms with Crippen LogP contribution in [0.15, 0.2) is 109 Å². The van der Waals surface area contributed by atoms with Crippen LogP contribution in [0.2, 0.25) is 0 Å². The third-order valence-corrected chi connectivity index (χ3v) is 7.65. The van der Waals surface area contributed by atoms with Crippen LogP contribution in [0.4, 0.5) is 0 Å². The van der Waals surface area contributed by atoms with Gasteiger partial charge in [0.1, 0.15) is 0 Å². The molecular formula is C27H22OSe2. The number of hydrogen-bond acceptors (Lipinski definition) is 1. The first kappa shape index (κ1) is 20.8. The van der Waals surface area contributed by atoms with E-state index in [0.717, 1.165) is 22.3 Å². The van der Waals surface area contributed by atoms with Gasteiger partial charge in [-0.05, 0) is 0 Å². The molecule has 0 spiro atoms. The minimum absolute atomic E-state index is 0.0696. The van der Waals surface area contributed by atoms with Crippen molar-refractivity contribution in [2.75, 3.05) is 0 Å². The van der Waals surface area contributed by atoms with Crippen molar-refractivity contribution in [3.8, 4) is 0 Å². The molecule has 148 valence electrons. The summed E-state index contributed by atoms with van der Waals surface area (Å²) >= 11 is 5.43. The summed E-state index contributed by atoms with van der Waals surface area (Å²) in [6.07, 6.45) is 0. The average Bonchev–Trinajstić information content (AvgIpc) is 2.84. The zero-order chi connectivity index (χ0) is 20.9. The number of benzene rings is 4. The molecule has 3 heteroatoms. The first-order valence-electron chi connectivity index (χ1n) is 9.85. The average molecular weight is 520 g/mol. The Hall–Kier alpha value is -2.41. The Labute approximate surface area is 194 Å². The van der Waals surface area contributed by atoms with Crippen molar-refractivity contribution in [2.24, 2.45) is 0 Å². The molecule has 0 aliphatic carbocycles. The van der Waals surface area contributed by atoms with Crippen molar-refractivity contribution < 1.29 is 4.79 Å². The van der Waals surface area contributed by atoms with Crippen LogP contribution in [-0.2, 0) is 0 Å². The van der Waals surface area contributed by atoms with Gasteiger partial charge in [-0.2, -0.15) is 0 Å². The molecule has 0 fully saturated rings. The molecule has 0 aromatic heterocycles. The topological polar surface area (TPSA) is 17.1 Å². The quantitative estimate of drug-likeness (QED) is 0.261. The summed E-state index contributed by atoms with van der Waals surface area (Å²) in [6, 6.07) is 36.5. The fourth-order valence-electron chi connectivity index (χ4n) is 3.66. The maximum atomic E-state index is 13.7. The summed E-state index contributed by atoms with van der Waals surface area (Å²) in [6.45, 7) is 0. The van der Waals surface area contributed by atoms with E-state index in [1.807, 2.05) is 72.8 Å². The molecule has 4 aromatic rings. The molecule has 30 heavy (non-hydrogen) atoms. The molecular weight excluding hydrogens is 498 g/mol. The number of hydrogen-bond donors (Lipinski definition) is 0. The molecule has 4 rings (SSSR count). The van der Waals surface area contributed by atoms with Gasteiger partial charge in [0.15, 0.2) is 0 Å². The molecule has 0 saturated heterocycles. The molecule has 0 amide bonds. The molecule has 0 N–H and O–H groups in total. The SMILES string of the molecule is O=C(c1ccccc1C([SeH])c1ccccc1)c1ccccc1C([SeH])c1ccccc1. The van der Waals surface area contributed by atoms with Crippen molar-refractivity contribution in [3.63, 3.8) is 0 Å². The Morgan fingerprint density at radius 1 is 0.500 bits per heavy atom. The number of ketones is 1. The summed E-state index contributed by atoms with van der Waals surface area (Å²) in [5, 5.41) is 0. The second kappa shape index (κ2) is 9.60. The van der Waals surface area contributed by atoms with E-state index in [-0.39, 0.29) is 15.4 Å². The van der Waals surface area contributed by atoms with Gasteiger partial charge in [-0.25, -0.2) is 0 Å². The maximum absolute atomic E-state index is 13.7. The van der Waals surface area contributed by atoms with Crippen molar-refractivity contribution >= 4 is 37.8 Å². The van der Waals surface area contributed by atoms with Gasteiger partial charge in [-0.3, -0.25) is 0 Å². The molecule has 4 aromatic carbocycles. The van der Waals surface area contributed by atoms with Crippen LogP contribution in [0.25, 0.3) is 0 Å². The fraction of sp³-hybridized carbons (Fsp3) is 0.0741. The zero-order valence-electron chi connectivity index (χ0n) is 16.3. The summed E-state index contributed by atoms with van der Waals surface area (Å²) < 4.78 is 0. The normalized spacial score (nSPS) is 12.9.